The topological polar surface area (TPSA) is 95.9 Å². The van der Waals surface area contributed by atoms with Crippen LogP contribution in [-0.4, -0.2) is 47.5 Å². The number of ether oxygens (including phenoxy) is 1. The minimum atomic E-state index is -0.654. The zero-order chi connectivity index (χ0) is 30.4. The van der Waals surface area contributed by atoms with E-state index in [4.69, 9.17) is 4.74 Å². The Morgan fingerprint density at radius 1 is 0.907 bits per heavy atom. The van der Waals surface area contributed by atoms with Crippen molar-refractivity contribution in [2.75, 3.05) is 19.8 Å². The second-order valence-corrected chi connectivity index (χ2v) is 10.8. The van der Waals surface area contributed by atoms with E-state index < -0.39 is 17.9 Å². The van der Waals surface area contributed by atoms with Crippen molar-refractivity contribution in [3.63, 3.8) is 0 Å². The van der Waals surface area contributed by atoms with Crippen molar-refractivity contribution in [3.05, 3.63) is 120 Å². The molecule has 0 aromatic heterocycles. The van der Waals surface area contributed by atoms with Crippen molar-refractivity contribution in [2.24, 2.45) is 11.8 Å². The molecular formula is C35H39FN2O5. The van der Waals surface area contributed by atoms with Crippen LogP contribution in [0.1, 0.15) is 48.4 Å². The van der Waals surface area contributed by atoms with Crippen LogP contribution in [0.25, 0.3) is 0 Å². The monoisotopic (exact) mass is 586 g/mol. The van der Waals surface area contributed by atoms with Gasteiger partial charge in [-0.15, -0.1) is 0 Å². The molecule has 2 amide bonds. The molecule has 226 valence electrons. The van der Waals surface area contributed by atoms with Gasteiger partial charge in [-0.25, -0.2) is 4.39 Å². The number of hydrogen-bond acceptors (Lipinski definition) is 5. The molecule has 0 unspecified atom stereocenters. The molecule has 0 bridgehead atoms. The molecule has 0 radical (unpaired) electrons. The van der Waals surface area contributed by atoms with Crippen LogP contribution < -0.4 is 5.32 Å². The summed E-state index contributed by atoms with van der Waals surface area (Å²) in [6.07, 6.45) is 5.64. The van der Waals surface area contributed by atoms with E-state index in [9.17, 15) is 23.9 Å². The smallest absolute Gasteiger partial charge is 0.309 e. The van der Waals surface area contributed by atoms with Gasteiger partial charge in [0.25, 0.3) is 0 Å². The van der Waals surface area contributed by atoms with Crippen LogP contribution in [0.4, 0.5) is 4.39 Å². The Hall–Kier alpha value is -4.30. The number of halogens is 1. The maximum atomic E-state index is 13.7. The van der Waals surface area contributed by atoms with Crippen LogP contribution in [0.15, 0.2) is 97.1 Å². The van der Waals surface area contributed by atoms with Gasteiger partial charge in [0, 0.05) is 19.5 Å². The number of amides is 2. The predicted octanol–water partition coefficient (Wildman–Crippen LogP) is 5.15. The van der Waals surface area contributed by atoms with E-state index in [1.807, 2.05) is 72.8 Å². The lowest BCUT2D eigenvalue weighted by molar-refractivity contribution is -0.150. The van der Waals surface area contributed by atoms with Gasteiger partial charge in [0.1, 0.15) is 12.4 Å². The van der Waals surface area contributed by atoms with Crippen LogP contribution in [-0.2, 0) is 32.1 Å². The van der Waals surface area contributed by atoms with E-state index >= 15 is 0 Å². The Morgan fingerprint density at radius 3 is 2.30 bits per heavy atom. The molecule has 7 nitrogen and oxygen atoms in total. The number of carbonyl (C=O) groups is 3. The third kappa shape index (κ3) is 9.89. The predicted molar refractivity (Wildman–Crippen MR) is 162 cm³/mol. The van der Waals surface area contributed by atoms with Crippen molar-refractivity contribution in [3.8, 4) is 0 Å². The number of allylic oxidation sites excluding steroid dienone is 2. The first kappa shape index (κ1) is 31.6. The first-order valence-corrected chi connectivity index (χ1v) is 14.8. The Balaban J connectivity index is 1.53. The quantitative estimate of drug-likeness (QED) is 0.267. The van der Waals surface area contributed by atoms with Gasteiger partial charge in [-0.05, 0) is 54.5 Å². The second-order valence-electron chi connectivity index (χ2n) is 10.8. The molecule has 1 aliphatic heterocycles. The van der Waals surface area contributed by atoms with Crippen LogP contribution in [0.3, 0.4) is 0 Å². The Morgan fingerprint density at radius 2 is 1.60 bits per heavy atom. The summed E-state index contributed by atoms with van der Waals surface area (Å²) in [6.45, 7) is 0.251. The lowest BCUT2D eigenvalue weighted by Gasteiger charge is -2.26. The van der Waals surface area contributed by atoms with Gasteiger partial charge in [-0.1, -0.05) is 84.9 Å². The number of nitrogens with zero attached hydrogens (tertiary/aromatic N) is 1. The number of hydrogen-bond donors (Lipinski definition) is 2. The largest absolute Gasteiger partial charge is 0.463 e. The van der Waals surface area contributed by atoms with E-state index in [0.717, 1.165) is 16.7 Å². The third-order valence-corrected chi connectivity index (χ3v) is 7.64. The first-order valence-electron chi connectivity index (χ1n) is 14.8. The van der Waals surface area contributed by atoms with Gasteiger partial charge >= 0.3 is 5.97 Å². The summed E-state index contributed by atoms with van der Waals surface area (Å²) < 4.78 is 19.2. The fourth-order valence-corrected chi connectivity index (χ4v) is 5.20. The average Bonchev–Trinajstić information content (AvgIpc) is 3.03. The molecule has 3 aromatic carbocycles. The summed E-state index contributed by atoms with van der Waals surface area (Å²) in [5, 5.41) is 12.7. The molecule has 8 heteroatoms. The molecule has 43 heavy (non-hydrogen) atoms. The van der Waals surface area contributed by atoms with Gasteiger partial charge in [0.05, 0.1) is 24.5 Å². The Bertz CT molecular complexity index is 1350. The molecule has 0 fully saturated rings. The van der Waals surface area contributed by atoms with E-state index in [1.54, 1.807) is 17.0 Å². The number of carbonyl (C=O) groups excluding carboxylic acids is 3. The van der Waals surface area contributed by atoms with Gasteiger partial charge in [-0.2, -0.15) is 0 Å². The zero-order valence-electron chi connectivity index (χ0n) is 24.2. The van der Waals surface area contributed by atoms with E-state index in [1.165, 1.54) is 12.1 Å². The summed E-state index contributed by atoms with van der Waals surface area (Å²) in [5.41, 5.74) is 2.55. The number of cyclic esters (lactones) is 1. The summed E-state index contributed by atoms with van der Waals surface area (Å²) in [5.74, 6) is -2.34. The molecule has 0 spiro atoms. The Labute approximate surface area is 252 Å². The fraction of sp³-hybridized carbons (Fsp3) is 0.343. The minimum absolute atomic E-state index is 0.0303. The lowest BCUT2D eigenvalue weighted by Crippen LogP contribution is -2.40. The number of nitrogens with one attached hydrogen (secondary N) is 1. The molecule has 0 saturated heterocycles. The van der Waals surface area contributed by atoms with Crippen LogP contribution in [0.5, 0.6) is 0 Å². The molecule has 1 heterocycles. The Kier molecular flexibility index (Phi) is 12.0. The van der Waals surface area contributed by atoms with Gasteiger partial charge in [0.2, 0.25) is 11.8 Å². The molecule has 4 rings (SSSR count). The number of aliphatic hydroxyl groups excluding tert-OH is 1. The molecule has 3 aromatic rings. The molecule has 1 aliphatic rings. The number of esters is 1. The standard InChI is InChI=1S/C35H39FN2O5/c36-31-18-16-26(17-19-31)22-30-15-9-3-8-14-29(23-33(40)38(20-21-39)24-27-10-4-1-5-11-27)34(41)37-32(25-43-35(30)42)28-12-6-2-7-13-28/h1-8,10-13,16-19,29-30,32,39H,9,14-15,20-25H2,(H,37,41)/b8-3+/t29-,30+,32+/m0/s1. The normalized spacial score (nSPS) is 20.5. The maximum absolute atomic E-state index is 13.7. The van der Waals surface area contributed by atoms with Gasteiger partial charge in [0.15, 0.2) is 0 Å². The highest BCUT2D eigenvalue weighted by molar-refractivity contribution is 5.86. The average molecular weight is 587 g/mol. The highest BCUT2D eigenvalue weighted by Crippen LogP contribution is 2.23. The van der Waals surface area contributed by atoms with E-state index in [0.29, 0.717) is 32.2 Å². The minimum Gasteiger partial charge on any atom is -0.463 e. The van der Waals surface area contributed by atoms with E-state index in [-0.39, 0.29) is 49.8 Å². The second kappa shape index (κ2) is 16.4. The van der Waals surface area contributed by atoms with Gasteiger partial charge in [-0.3, -0.25) is 14.4 Å². The SMILES string of the molecule is O=C1N[C@@H](c2ccccc2)COC(=O)[C@@H](Cc2ccc(F)cc2)CC/C=C/C[C@H]1CC(=O)N(CCO)Cc1ccccc1. The van der Waals surface area contributed by atoms with Crippen LogP contribution in [0.2, 0.25) is 0 Å². The van der Waals surface area contributed by atoms with Gasteiger partial charge < -0.3 is 20.1 Å². The molecule has 3 atom stereocenters. The van der Waals surface area contributed by atoms with E-state index in [2.05, 4.69) is 5.32 Å². The molecule has 0 saturated carbocycles. The molecule has 2 N–H and O–H groups in total. The van der Waals surface area contributed by atoms with Crippen LogP contribution in [0, 0.1) is 17.7 Å². The highest BCUT2D eigenvalue weighted by atomic mass is 19.1. The van der Waals surface area contributed by atoms with Crippen molar-refractivity contribution in [1.82, 2.24) is 10.2 Å². The fourth-order valence-electron chi connectivity index (χ4n) is 5.20. The van der Waals surface area contributed by atoms with Crippen molar-refractivity contribution < 1.29 is 28.6 Å². The summed E-state index contributed by atoms with van der Waals surface area (Å²) in [4.78, 5) is 41.9. The van der Waals surface area contributed by atoms with Crippen LogP contribution >= 0.6 is 0 Å². The maximum Gasteiger partial charge on any atom is 0.309 e. The number of rotatable bonds is 9. The molecule has 0 aliphatic carbocycles. The third-order valence-electron chi connectivity index (χ3n) is 7.64. The number of benzene rings is 3. The summed E-state index contributed by atoms with van der Waals surface area (Å²) in [6, 6.07) is 24.3. The van der Waals surface area contributed by atoms with Crippen molar-refractivity contribution >= 4 is 17.8 Å². The highest BCUT2D eigenvalue weighted by Gasteiger charge is 2.28. The summed E-state index contributed by atoms with van der Waals surface area (Å²) in [7, 11) is 0. The zero-order valence-corrected chi connectivity index (χ0v) is 24.2. The first-order chi connectivity index (χ1) is 20.9. The van der Waals surface area contributed by atoms with Crippen molar-refractivity contribution in [2.45, 2.75) is 44.7 Å². The van der Waals surface area contributed by atoms with Crippen molar-refractivity contribution in [1.29, 1.82) is 0 Å². The number of aliphatic hydroxyl groups is 1. The molecular weight excluding hydrogens is 547 g/mol. The summed E-state index contributed by atoms with van der Waals surface area (Å²) >= 11 is 0. The lowest BCUT2D eigenvalue weighted by atomic mass is 9.94.